The van der Waals surface area contributed by atoms with Crippen molar-refractivity contribution >= 4 is 22.7 Å². The lowest BCUT2D eigenvalue weighted by Crippen LogP contribution is -2.08. The molecule has 0 radical (unpaired) electrons. The zero-order chi connectivity index (χ0) is 15.5. The highest BCUT2D eigenvalue weighted by molar-refractivity contribution is 6.13. The van der Waals surface area contributed by atoms with Gasteiger partial charge < -0.3 is 9.72 Å². The lowest BCUT2D eigenvalue weighted by atomic mass is 9.99. The van der Waals surface area contributed by atoms with Gasteiger partial charge in [0.05, 0.1) is 12.2 Å². The zero-order valence-electron chi connectivity index (χ0n) is 12.1. The molecule has 0 bridgehead atoms. The molecule has 2 aromatic carbocycles. The van der Waals surface area contributed by atoms with Gasteiger partial charge in [-0.1, -0.05) is 30.3 Å². The van der Waals surface area contributed by atoms with Crippen LogP contribution in [0.15, 0.2) is 54.7 Å². The second-order valence-corrected chi connectivity index (χ2v) is 4.88. The van der Waals surface area contributed by atoms with E-state index in [1.165, 1.54) is 0 Å². The van der Waals surface area contributed by atoms with Crippen molar-refractivity contribution in [2.45, 2.75) is 6.92 Å². The summed E-state index contributed by atoms with van der Waals surface area (Å²) in [6, 6.07) is 14.2. The molecule has 3 rings (SSSR count). The summed E-state index contributed by atoms with van der Waals surface area (Å²) < 4.78 is 5.08. The van der Waals surface area contributed by atoms with Gasteiger partial charge in [-0.2, -0.15) is 0 Å². The molecule has 0 aliphatic carbocycles. The number of rotatable bonds is 4. The SMILES string of the molecule is CCOC(=O)c1cc(C(=O)c2ccccc2)cc2[nH]ccc12. The smallest absolute Gasteiger partial charge is 0.338 e. The molecule has 1 N–H and O–H groups in total. The van der Waals surface area contributed by atoms with Crippen molar-refractivity contribution < 1.29 is 14.3 Å². The molecule has 1 heterocycles. The number of H-pyrrole nitrogens is 1. The summed E-state index contributed by atoms with van der Waals surface area (Å²) in [6.45, 7) is 2.05. The maximum absolute atomic E-state index is 12.6. The number of ketones is 1. The number of hydrogen-bond donors (Lipinski definition) is 1. The van der Waals surface area contributed by atoms with E-state index in [1.54, 1.807) is 43.5 Å². The molecule has 0 unspecified atom stereocenters. The Kier molecular flexibility index (Phi) is 3.74. The van der Waals surface area contributed by atoms with Gasteiger partial charge in [0.1, 0.15) is 0 Å². The number of fused-ring (bicyclic) bond motifs is 1. The molecule has 0 atom stereocenters. The molecular weight excluding hydrogens is 278 g/mol. The van der Waals surface area contributed by atoms with Crippen molar-refractivity contribution in [2.75, 3.05) is 6.61 Å². The molecule has 4 nitrogen and oxygen atoms in total. The molecule has 22 heavy (non-hydrogen) atoms. The number of hydrogen-bond acceptors (Lipinski definition) is 3. The van der Waals surface area contributed by atoms with Crippen LogP contribution in [0.4, 0.5) is 0 Å². The third-order valence-electron chi connectivity index (χ3n) is 3.46. The number of esters is 1. The van der Waals surface area contributed by atoms with E-state index >= 15 is 0 Å². The van der Waals surface area contributed by atoms with Gasteiger partial charge in [-0.05, 0) is 25.1 Å². The Bertz CT molecular complexity index is 834. The van der Waals surface area contributed by atoms with Crippen molar-refractivity contribution in [3.8, 4) is 0 Å². The van der Waals surface area contributed by atoms with Gasteiger partial charge in [-0.25, -0.2) is 4.79 Å². The summed E-state index contributed by atoms with van der Waals surface area (Å²) in [7, 11) is 0. The maximum Gasteiger partial charge on any atom is 0.338 e. The molecular formula is C18H15NO3. The van der Waals surface area contributed by atoms with E-state index in [4.69, 9.17) is 4.74 Å². The molecule has 0 aliphatic heterocycles. The third kappa shape index (κ3) is 2.51. The molecule has 0 saturated carbocycles. The van der Waals surface area contributed by atoms with Crippen LogP contribution in [0.2, 0.25) is 0 Å². The first-order valence-electron chi connectivity index (χ1n) is 7.08. The highest BCUT2D eigenvalue weighted by Crippen LogP contribution is 2.23. The van der Waals surface area contributed by atoms with Crippen molar-refractivity contribution in [3.63, 3.8) is 0 Å². The van der Waals surface area contributed by atoms with Gasteiger partial charge in [-0.15, -0.1) is 0 Å². The summed E-state index contributed by atoms with van der Waals surface area (Å²) in [6.07, 6.45) is 1.74. The highest BCUT2D eigenvalue weighted by Gasteiger charge is 2.17. The van der Waals surface area contributed by atoms with Crippen LogP contribution in [-0.2, 0) is 4.74 Å². The monoisotopic (exact) mass is 293 g/mol. The topological polar surface area (TPSA) is 59.2 Å². The molecule has 0 saturated heterocycles. The van der Waals surface area contributed by atoms with Crippen molar-refractivity contribution in [3.05, 3.63) is 71.4 Å². The van der Waals surface area contributed by atoms with E-state index in [2.05, 4.69) is 4.98 Å². The summed E-state index contributed by atoms with van der Waals surface area (Å²) in [4.78, 5) is 27.7. The molecule has 3 aromatic rings. The molecule has 110 valence electrons. The summed E-state index contributed by atoms with van der Waals surface area (Å²) >= 11 is 0. The molecule has 4 heteroatoms. The number of nitrogens with one attached hydrogen (secondary N) is 1. The van der Waals surface area contributed by atoms with Crippen molar-refractivity contribution in [2.24, 2.45) is 0 Å². The predicted molar refractivity (Wildman–Crippen MR) is 84.1 cm³/mol. The molecule has 1 aromatic heterocycles. The van der Waals surface area contributed by atoms with Crippen LogP contribution >= 0.6 is 0 Å². The van der Waals surface area contributed by atoms with Gasteiger partial charge in [0, 0.05) is 28.2 Å². The van der Waals surface area contributed by atoms with Gasteiger partial charge in [0.15, 0.2) is 5.78 Å². The molecule has 0 amide bonds. The van der Waals surface area contributed by atoms with Gasteiger partial charge in [0.2, 0.25) is 0 Å². The molecule has 0 spiro atoms. The second-order valence-electron chi connectivity index (χ2n) is 4.88. The van der Waals surface area contributed by atoms with E-state index in [1.807, 2.05) is 18.2 Å². The average Bonchev–Trinajstić information content (AvgIpc) is 3.02. The van der Waals surface area contributed by atoms with Crippen LogP contribution in [-0.4, -0.2) is 23.3 Å². The first-order valence-corrected chi connectivity index (χ1v) is 7.08. The fraction of sp³-hybridized carbons (Fsp3) is 0.111. The number of aromatic nitrogens is 1. The second kappa shape index (κ2) is 5.85. The Morgan fingerprint density at radius 3 is 2.55 bits per heavy atom. The minimum Gasteiger partial charge on any atom is -0.462 e. The summed E-state index contributed by atoms with van der Waals surface area (Å²) in [5.74, 6) is -0.544. The summed E-state index contributed by atoms with van der Waals surface area (Å²) in [5.41, 5.74) is 2.19. The number of ether oxygens (including phenoxy) is 1. The van der Waals surface area contributed by atoms with Crippen LogP contribution in [0.3, 0.4) is 0 Å². The van der Waals surface area contributed by atoms with E-state index in [9.17, 15) is 9.59 Å². The first-order chi connectivity index (χ1) is 10.7. The van der Waals surface area contributed by atoms with Crippen molar-refractivity contribution in [1.82, 2.24) is 4.98 Å². The van der Waals surface area contributed by atoms with Crippen LogP contribution < -0.4 is 0 Å². The number of carbonyl (C=O) groups is 2. The van der Waals surface area contributed by atoms with E-state index < -0.39 is 5.97 Å². The van der Waals surface area contributed by atoms with Crippen LogP contribution in [0, 0.1) is 0 Å². The standard InChI is InChI=1S/C18H15NO3/c1-2-22-18(21)15-10-13(11-16-14(15)8-9-19-16)17(20)12-6-4-3-5-7-12/h3-11,19H,2H2,1H3. The zero-order valence-corrected chi connectivity index (χ0v) is 12.1. The Morgan fingerprint density at radius 2 is 1.82 bits per heavy atom. The third-order valence-corrected chi connectivity index (χ3v) is 3.46. The number of carbonyl (C=O) groups excluding carboxylic acids is 2. The quantitative estimate of drug-likeness (QED) is 0.591. The predicted octanol–water partition coefficient (Wildman–Crippen LogP) is 3.58. The highest BCUT2D eigenvalue weighted by atomic mass is 16.5. The Balaban J connectivity index is 2.11. The van der Waals surface area contributed by atoms with Crippen LogP contribution in [0.5, 0.6) is 0 Å². The lowest BCUT2D eigenvalue weighted by molar-refractivity contribution is 0.0528. The minimum absolute atomic E-state index is 0.123. The molecule has 0 aliphatic rings. The normalized spacial score (nSPS) is 10.6. The fourth-order valence-electron chi connectivity index (χ4n) is 2.43. The Hall–Kier alpha value is -2.88. The maximum atomic E-state index is 12.6. The largest absolute Gasteiger partial charge is 0.462 e. The van der Waals surface area contributed by atoms with Gasteiger partial charge in [0.25, 0.3) is 0 Å². The first kappa shape index (κ1) is 14.1. The lowest BCUT2D eigenvalue weighted by Gasteiger charge is -2.07. The van der Waals surface area contributed by atoms with Crippen LogP contribution in [0.25, 0.3) is 10.9 Å². The molecule has 0 fully saturated rings. The Morgan fingerprint density at radius 1 is 1.05 bits per heavy atom. The number of benzene rings is 2. The van der Waals surface area contributed by atoms with Crippen molar-refractivity contribution in [1.29, 1.82) is 0 Å². The summed E-state index contributed by atoms with van der Waals surface area (Å²) in [5, 5.41) is 0.753. The van der Waals surface area contributed by atoms with E-state index in [0.717, 1.165) is 10.9 Å². The average molecular weight is 293 g/mol. The van der Waals surface area contributed by atoms with E-state index in [-0.39, 0.29) is 5.78 Å². The van der Waals surface area contributed by atoms with Gasteiger partial charge >= 0.3 is 5.97 Å². The van der Waals surface area contributed by atoms with Gasteiger partial charge in [-0.3, -0.25) is 4.79 Å². The van der Waals surface area contributed by atoms with E-state index in [0.29, 0.717) is 23.3 Å². The minimum atomic E-state index is -0.421. The fourth-order valence-corrected chi connectivity index (χ4v) is 2.43. The van der Waals surface area contributed by atoms with Crippen LogP contribution in [0.1, 0.15) is 33.2 Å². The Labute approximate surface area is 127 Å². The number of aromatic amines is 1.